The van der Waals surface area contributed by atoms with E-state index in [0.717, 1.165) is 18.2 Å². The van der Waals surface area contributed by atoms with Crippen LogP contribution in [0.15, 0.2) is 54.6 Å². The zero-order chi connectivity index (χ0) is 16.0. The van der Waals surface area contributed by atoms with Crippen molar-refractivity contribution >= 4 is 21.6 Å². The molecule has 2 aromatic rings. The zero-order valence-electron chi connectivity index (χ0n) is 12.2. The standard InChI is InChI=1S/C16H18N2O3S/c1-22(20,21)18-15-9-5-8-14(12-15)16(19)17-11-10-13-6-3-2-4-7-13/h2-9,12,18H,10-11H2,1H3,(H,17,19). The molecule has 0 aliphatic carbocycles. The summed E-state index contributed by atoms with van der Waals surface area (Å²) in [6.07, 6.45) is 1.81. The third-order valence-electron chi connectivity index (χ3n) is 2.97. The second-order valence-electron chi connectivity index (χ2n) is 4.95. The molecule has 0 heterocycles. The van der Waals surface area contributed by atoms with E-state index in [-0.39, 0.29) is 5.91 Å². The van der Waals surface area contributed by atoms with Crippen molar-refractivity contribution in [3.8, 4) is 0 Å². The molecule has 6 heteroatoms. The van der Waals surface area contributed by atoms with Gasteiger partial charge in [0.2, 0.25) is 10.0 Å². The molecule has 0 fully saturated rings. The molecule has 116 valence electrons. The van der Waals surface area contributed by atoms with Gasteiger partial charge in [-0.3, -0.25) is 9.52 Å². The Hall–Kier alpha value is -2.34. The summed E-state index contributed by atoms with van der Waals surface area (Å²) in [6.45, 7) is 0.520. The predicted octanol–water partition coefficient (Wildman–Crippen LogP) is 2.03. The highest BCUT2D eigenvalue weighted by Gasteiger charge is 2.07. The fourth-order valence-electron chi connectivity index (χ4n) is 2.01. The zero-order valence-corrected chi connectivity index (χ0v) is 13.1. The van der Waals surface area contributed by atoms with Crippen LogP contribution in [0.2, 0.25) is 0 Å². The molecule has 2 aromatic carbocycles. The number of carbonyl (C=O) groups is 1. The molecule has 1 amide bonds. The predicted molar refractivity (Wildman–Crippen MR) is 87.4 cm³/mol. The summed E-state index contributed by atoms with van der Waals surface area (Å²) in [6, 6.07) is 16.3. The van der Waals surface area contributed by atoms with Crippen molar-refractivity contribution in [2.45, 2.75) is 6.42 Å². The Bertz CT molecular complexity index is 743. The van der Waals surface area contributed by atoms with Crippen LogP contribution >= 0.6 is 0 Å². The maximum Gasteiger partial charge on any atom is 0.251 e. The van der Waals surface area contributed by atoms with Gasteiger partial charge in [0.05, 0.1) is 6.26 Å². The van der Waals surface area contributed by atoms with E-state index in [0.29, 0.717) is 17.8 Å². The molecule has 0 bridgehead atoms. The minimum atomic E-state index is -3.35. The van der Waals surface area contributed by atoms with Gasteiger partial charge in [0.25, 0.3) is 5.91 Å². The van der Waals surface area contributed by atoms with Gasteiger partial charge < -0.3 is 5.32 Å². The van der Waals surface area contributed by atoms with Crippen molar-refractivity contribution in [1.29, 1.82) is 0 Å². The van der Waals surface area contributed by atoms with Crippen LogP contribution in [-0.4, -0.2) is 27.1 Å². The third-order valence-corrected chi connectivity index (χ3v) is 3.58. The molecule has 0 saturated heterocycles. The average molecular weight is 318 g/mol. The summed E-state index contributed by atoms with van der Waals surface area (Å²) < 4.78 is 24.7. The van der Waals surface area contributed by atoms with Gasteiger partial charge in [-0.15, -0.1) is 0 Å². The van der Waals surface area contributed by atoms with Crippen LogP contribution in [0.1, 0.15) is 15.9 Å². The Morgan fingerprint density at radius 3 is 2.45 bits per heavy atom. The van der Waals surface area contributed by atoms with Crippen molar-refractivity contribution in [2.75, 3.05) is 17.5 Å². The van der Waals surface area contributed by atoms with Crippen molar-refractivity contribution in [2.24, 2.45) is 0 Å². The summed E-state index contributed by atoms with van der Waals surface area (Å²) in [4.78, 5) is 12.1. The lowest BCUT2D eigenvalue weighted by Crippen LogP contribution is -2.25. The Balaban J connectivity index is 1.93. The fraction of sp³-hybridized carbons (Fsp3) is 0.188. The number of carbonyl (C=O) groups excluding carboxylic acids is 1. The molecular weight excluding hydrogens is 300 g/mol. The summed E-state index contributed by atoms with van der Waals surface area (Å²) in [5.41, 5.74) is 1.94. The number of hydrogen-bond acceptors (Lipinski definition) is 3. The number of amides is 1. The number of benzene rings is 2. The van der Waals surface area contributed by atoms with E-state index in [1.807, 2.05) is 30.3 Å². The molecule has 0 unspecified atom stereocenters. The second kappa shape index (κ2) is 7.09. The first-order chi connectivity index (χ1) is 10.4. The van der Waals surface area contributed by atoms with Crippen molar-refractivity contribution in [3.05, 3.63) is 65.7 Å². The molecule has 0 aliphatic rings. The smallest absolute Gasteiger partial charge is 0.251 e. The van der Waals surface area contributed by atoms with E-state index < -0.39 is 10.0 Å². The fourth-order valence-corrected chi connectivity index (χ4v) is 2.56. The summed E-state index contributed by atoms with van der Waals surface area (Å²) in [7, 11) is -3.35. The lowest BCUT2D eigenvalue weighted by molar-refractivity contribution is 0.0954. The van der Waals surface area contributed by atoms with Crippen LogP contribution in [0, 0.1) is 0 Å². The van der Waals surface area contributed by atoms with E-state index in [4.69, 9.17) is 0 Å². The maximum atomic E-state index is 12.1. The van der Waals surface area contributed by atoms with E-state index in [9.17, 15) is 13.2 Å². The first-order valence-electron chi connectivity index (χ1n) is 6.84. The number of rotatable bonds is 6. The van der Waals surface area contributed by atoms with Crippen LogP contribution in [-0.2, 0) is 16.4 Å². The molecule has 5 nitrogen and oxygen atoms in total. The highest BCUT2D eigenvalue weighted by molar-refractivity contribution is 7.92. The SMILES string of the molecule is CS(=O)(=O)Nc1cccc(C(=O)NCCc2ccccc2)c1. The second-order valence-corrected chi connectivity index (χ2v) is 6.69. The lowest BCUT2D eigenvalue weighted by Gasteiger charge is -2.08. The van der Waals surface area contributed by atoms with Gasteiger partial charge in [-0.25, -0.2) is 8.42 Å². The van der Waals surface area contributed by atoms with Gasteiger partial charge >= 0.3 is 0 Å². The van der Waals surface area contributed by atoms with Crippen LogP contribution in [0.25, 0.3) is 0 Å². The number of anilines is 1. The molecule has 0 saturated carbocycles. The quantitative estimate of drug-likeness (QED) is 0.856. The maximum absolute atomic E-state index is 12.1. The first kappa shape index (κ1) is 16.0. The van der Waals surface area contributed by atoms with E-state index in [1.54, 1.807) is 18.2 Å². The molecule has 0 spiro atoms. The van der Waals surface area contributed by atoms with Gasteiger partial charge in [-0.2, -0.15) is 0 Å². The van der Waals surface area contributed by atoms with Crippen LogP contribution < -0.4 is 10.0 Å². The Morgan fingerprint density at radius 2 is 1.77 bits per heavy atom. The molecule has 2 rings (SSSR count). The van der Waals surface area contributed by atoms with Gasteiger partial charge in [0, 0.05) is 17.8 Å². The largest absolute Gasteiger partial charge is 0.352 e. The Kier molecular flexibility index (Phi) is 5.16. The van der Waals surface area contributed by atoms with Crippen molar-refractivity contribution < 1.29 is 13.2 Å². The van der Waals surface area contributed by atoms with Crippen LogP contribution in [0.4, 0.5) is 5.69 Å². The Morgan fingerprint density at radius 1 is 1.05 bits per heavy atom. The summed E-state index contributed by atoms with van der Waals surface area (Å²) >= 11 is 0. The molecule has 22 heavy (non-hydrogen) atoms. The first-order valence-corrected chi connectivity index (χ1v) is 8.73. The minimum Gasteiger partial charge on any atom is -0.352 e. The number of sulfonamides is 1. The van der Waals surface area contributed by atoms with Gasteiger partial charge in [-0.1, -0.05) is 36.4 Å². The van der Waals surface area contributed by atoms with Crippen LogP contribution in [0.5, 0.6) is 0 Å². The molecule has 0 atom stereocenters. The monoisotopic (exact) mass is 318 g/mol. The highest BCUT2D eigenvalue weighted by atomic mass is 32.2. The molecule has 0 aromatic heterocycles. The molecule has 0 aliphatic heterocycles. The van der Waals surface area contributed by atoms with Crippen LogP contribution in [0.3, 0.4) is 0 Å². The van der Waals surface area contributed by atoms with Gasteiger partial charge in [0.15, 0.2) is 0 Å². The topological polar surface area (TPSA) is 75.3 Å². The van der Waals surface area contributed by atoms with Gasteiger partial charge in [-0.05, 0) is 30.2 Å². The lowest BCUT2D eigenvalue weighted by atomic mass is 10.1. The van der Waals surface area contributed by atoms with Gasteiger partial charge in [0.1, 0.15) is 0 Å². The van der Waals surface area contributed by atoms with E-state index in [1.165, 1.54) is 6.07 Å². The summed E-state index contributed by atoms with van der Waals surface area (Å²) in [5.74, 6) is -0.229. The summed E-state index contributed by atoms with van der Waals surface area (Å²) in [5, 5.41) is 2.82. The molecule has 2 N–H and O–H groups in total. The van der Waals surface area contributed by atoms with Crippen molar-refractivity contribution in [3.63, 3.8) is 0 Å². The van der Waals surface area contributed by atoms with Crippen molar-refractivity contribution in [1.82, 2.24) is 5.32 Å². The number of nitrogens with one attached hydrogen (secondary N) is 2. The third kappa shape index (κ3) is 5.21. The minimum absolute atomic E-state index is 0.229. The Labute approximate surface area is 130 Å². The van der Waals surface area contributed by atoms with E-state index >= 15 is 0 Å². The van der Waals surface area contributed by atoms with E-state index in [2.05, 4.69) is 10.0 Å². The highest BCUT2D eigenvalue weighted by Crippen LogP contribution is 2.12. The number of hydrogen-bond donors (Lipinski definition) is 2. The molecule has 0 radical (unpaired) electrons. The average Bonchev–Trinajstić information content (AvgIpc) is 2.47. The normalized spacial score (nSPS) is 11.0. The molecular formula is C16H18N2O3S.